The lowest BCUT2D eigenvalue weighted by molar-refractivity contribution is 0.195. The summed E-state index contributed by atoms with van der Waals surface area (Å²) in [5.74, 6) is 0.973. The van der Waals surface area contributed by atoms with Crippen molar-refractivity contribution in [2.45, 2.75) is 19.9 Å². The lowest BCUT2D eigenvalue weighted by Crippen LogP contribution is -2.45. The van der Waals surface area contributed by atoms with Gasteiger partial charge in [0, 0.05) is 31.7 Å². The van der Waals surface area contributed by atoms with Gasteiger partial charge in [-0.25, -0.2) is 0 Å². The van der Waals surface area contributed by atoms with Crippen molar-refractivity contribution in [2.24, 2.45) is 0 Å². The predicted octanol–water partition coefficient (Wildman–Crippen LogP) is 3.31. The maximum absolute atomic E-state index is 5.68. The van der Waals surface area contributed by atoms with Crippen LogP contribution in [0.4, 0.5) is 0 Å². The maximum atomic E-state index is 5.68. The summed E-state index contributed by atoms with van der Waals surface area (Å²) in [4.78, 5) is 2.56. The molecule has 0 amide bonds. The van der Waals surface area contributed by atoms with Crippen LogP contribution in [0.5, 0.6) is 5.75 Å². The summed E-state index contributed by atoms with van der Waals surface area (Å²) < 4.78 is 5.68. The molecule has 1 aliphatic rings. The monoisotopic (exact) mass is 310 g/mol. The van der Waals surface area contributed by atoms with Gasteiger partial charge in [-0.2, -0.15) is 0 Å². The van der Waals surface area contributed by atoms with E-state index in [0.29, 0.717) is 0 Å². The van der Waals surface area contributed by atoms with Crippen molar-refractivity contribution in [3.05, 3.63) is 64.7 Å². The molecule has 1 fully saturated rings. The fraction of sp³-hybridized carbons (Fsp3) is 0.400. The highest BCUT2D eigenvalue weighted by Gasteiger charge is 2.26. The van der Waals surface area contributed by atoms with E-state index in [1.807, 2.05) is 0 Å². The molecule has 3 nitrogen and oxygen atoms in total. The third-order valence-electron chi connectivity index (χ3n) is 4.55. The van der Waals surface area contributed by atoms with E-state index >= 15 is 0 Å². The molecule has 0 spiro atoms. The SMILES string of the molecule is COc1ccc(C)cc1C(c1cccc(C)c1)N1CCNCC1. The van der Waals surface area contributed by atoms with Crippen LogP contribution in [0.15, 0.2) is 42.5 Å². The van der Waals surface area contributed by atoms with Crippen molar-refractivity contribution in [1.29, 1.82) is 0 Å². The van der Waals surface area contributed by atoms with Crippen molar-refractivity contribution < 1.29 is 4.74 Å². The van der Waals surface area contributed by atoms with E-state index in [4.69, 9.17) is 4.74 Å². The van der Waals surface area contributed by atoms with Gasteiger partial charge in [0.15, 0.2) is 0 Å². The Balaban J connectivity index is 2.09. The Labute approximate surface area is 139 Å². The third-order valence-corrected chi connectivity index (χ3v) is 4.55. The van der Waals surface area contributed by atoms with E-state index in [0.717, 1.165) is 31.9 Å². The van der Waals surface area contributed by atoms with Gasteiger partial charge in [0.05, 0.1) is 13.2 Å². The van der Waals surface area contributed by atoms with Crippen LogP contribution >= 0.6 is 0 Å². The number of aryl methyl sites for hydroxylation is 2. The molecular weight excluding hydrogens is 284 g/mol. The van der Waals surface area contributed by atoms with Crippen LogP contribution < -0.4 is 10.1 Å². The highest BCUT2D eigenvalue weighted by Crippen LogP contribution is 2.35. The molecule has 2 aromatic rings. The Bertz CT molecular complexity index is 662. The van der Waals surface area contributed by atoms with E-state index in [1.165, 1.54) is 22.3 Å². The van der Waals surface area contributed by atoms with Crippen LogP contribution in [0.2, 0.25) is 0 Å². The molecule has 1 atom stereocenters. The normalized spacial score (nSPS) is 17.0. The van der Waals surface area contributed by atoms with Crippen LogP contribution in [-0.4, -0.2) is 38.2 Å². The van der Waals surface area contributed by atoms with Gasteiger partial charge < -0.3 is 10.1 Å². The summed E-state index contributed by atoms with van der Waals surface area (Å²) >= 11 is 0. The number of piperazine rings is 1. The number of nitrogens with zero attached hydrogens (tertiary/aromatic N) is 1. The Morgan fingerprint density at radius 2 is 1.74 bits per heavy atom. The Kier molecular flexibility index (Phi) is 4.99. The van der Waals surface area contributed by atoms with E-state index in [9.17, 15) is 0 Å². The average Bonchev–Trinajstić information content (AvgIpc) is 2.56. The molecule has 3 heteroatoms. The second-order valence-electron chi connectivity index (χ2n) is 6.35. The first-order valence-electron chi connectivity index (χ1n) is 8.35. The Hall–Kier alpha value is -1.84. The molecule has 1 saturated heterocycles. The fourth-order valence-corrected chi connectivity index (χ4v) is 3.44. The first-order valence-corrected chi connectivity index (χ1v) is 8.35. The topological polar surface area (TPSA) is 24.5 Å². The minimum atomic E-state index is 0.242. The Morgan fingerprint density at radius 3 is 2.43 bits per heavy atom. The van der Waals surface area contributed by atoms with Gasteiger partial charge in [-0.3, -0.25) is 4.90 Å². The summed E-state index contributed by atoms with van der Waals surface area (Å²) in [6, 6.07) is 15.6. The lowest BCUT2D eigenvalue weighted by atomic mass is 9.93. The van der Waals surface area contributed by atoms with E-state index in [1.54, 1.807) is 7.11 Å². The zero-order chi connectivity index (χ0) is 16.2. The minimum Gasteiger partial charge on any atom is -0.496 e. The molecule has 122 valence electrons. The second-order valence-corrected chi connectivity index (χ2v) is 6.35. The number of hydrogen-bond acceptors (Lipinski definition) is 3. The van der Waals surface area contributed by atoms with Crippen LogP contribution in [0.3, 0.4) is 0 Å². The zero-order valence-electron chi connectivity index (χ0n) is 14.3. The van der Waals surface area contributed by atoms with Crippen molar-refractivity contribution in [3.8, 4) is 5.75 Å². The van der Waals surface area contributed by atoms with Crippen LogP contribution in [0, 0.1) is 13.8 Å². The van der Waals surface area contributed by atoms with Gasteiger partial charge in [0.2, 0.25) is 0 Å². The highest BCUT2D eigenvalue weighted by atomic mass is 16.5. The molecule has 23 heavy (non-hydrogen) atoms. The van der Waals surface area contributed by atoms with Crippen molar-refractivity contribution >= 4 is 0 Å². The van der Waals surface area contributed by atoms with Gasteiger partial charge in [0.1, 0.15) is 5.75 Å². The number of methoxy groups -OCH3 is 1. The van der Waals surface area contributed by atoms with Crippen molar-refractivity contribution in [1.82, 2.24) is 10.2 Å². The third kappa shape index (κ3) is 3.57. The molecule has 1 N–H and O–H groups in total. The maximum Gasteiger partial charge on any atom is 0.124 e. The lowest BCUT2D eigenvalue weighted by Gasteiger charge is -2.36. The van der Waals surface area contributed by atoms with Crippen LogP contribution in [-0.2, 0) is 0 Å². The summed E-state index contributed by atoms with van der Waals surface area (Å²) in [6.45, 7) is 8.48. The number of rotatable bonds is 4. The summed E-state index contributed by atoms with van der Waals surface area (Å²) in [5, 5.41) is 3.45. The predicted molar refractivity (Wildman–Crippen MR) is 95.2 cm³/mol. The highest BCUT2D eigenvalue weighted by molar-refractivity contribution is 5.44. The molecule has 3 rings (SSSR count). The van der Waals surface area contributed by atoms with Crippen LogP contribution in [0.1, 0.15) is 28.3 Å². The molecule has 2 aromatic carbocycles. The molecule has 0 aliphatic carbocycles. The standard InChI is InChI=1S/C20H26N2O/c1-15-5-4-6-17(13-15)20(22-11-9-21-10-12-22)18-14-16(2)7-8-19(18)23-3/h4-8,13-14,20-21H,9-12H2,1-3H3. The molecule has 1 heterocycles. The Morgan fingerprint density at radius 1 is 1.00 bits per heavy atom. The van der Waals surface area contributed by atoms with Gasteiger partial charge in [-0.15, -0.1) is 0 Å². The van der Waals surface area contributed by atoms with Crippen molar-refractivity contribution in [3.63, 3.8) is 0 Å². The second kappa shape index (κ2) is 7.16. The first kappa shape index (κ1) is 16.0. The molecule has 0 bridgehead atoms. The van der Waals surface area contributed by atoms with Gasteiger partial charge in [-0.1, -0.05) is 47.5 Å². The molecule has 1 aliphatic heterocycles. The van der Waals surface area contributed by atoms with E-state index in [-0.39, 0.29) is 6.04 Å². The number of ether oxygens (including phenoxy) is 1. The number of nitrogens with one attached hydrogen (secondary N) is 1. The van der Waals surface area contributed by atoms with Crippen molar-refractivity contribution in [2.75, 3.05) is 33.3 Å². The molecule has 1 unspecified atom stereocenters. The van der Waals surface area contributed by atoms with Crippen LogP contribution in [0.25, 0.3) is 0 Å². The quantitative estimate of drug-likeness (QED) is 0.938. The average molecular weight is 310 g/mol. The first-order chi connectivity index (χ1) is 11.2. The largest absolute Gasteiger partial charge is 0.496 e. The zero-order valence-corrected chi connectivity index (χ0v) is 14.3. The van der Waals surface area contributed by atoms with Gasteiger partial charge in [0.25, 0.3) is 0 Å². The molecule has 0 radical (unpaired) electrons. The minimum absolute atomic E-state index is 0.242. The van der Waals surface area contributed by atoms with E-state index < -0.39 is 0 Å². The summed E-state index contributed by atoms with van der Waals surface area (Å²) in [6.07, 6.45) is 0. The molecular formula is C20H26N2O. The molecule has 0 saturated carbocycles. The fourth-order valence-electron chi connectivity index (χ4n) is 3.44. The van der Waals surface area contributed by atoms with Gasteiger partial charge in [-0.05, 0) is 25.5 Å². The molecule has 0 aromatic heterocycles. The summed E-state index contributed by atoms with van der Waals surface area (Å²) in [7, 11) is 1.76. The number of hydrogen-bond donors (Lipinski definition) is 1. The van der Waals surface area contributed by atoms with Gasteiger partial charge >= 0.3 is 0 Å². The van der Waals surface area contributed by atoms with E-state index in [2.05, 4.69) is 66.5 Å². The number of benzene rings is 2. The smallest absolute Gasteiger partial charge is 0.124 e. The summed E-state index contributed by atoms with van der Waals surface area (Å²) in [5.41, 5.74) is 5.18.